The molecule has 0 bridgehead atoms. The first-order valence-corrected chi connectivity index (χ1v) is 6.80. The molecule has 0 aliphatic carbocycles. The molecule has 4 heteroatoms. The molecule has 0 spiro atoms. The first-order chi connectivity index (χ1) is 9.14. The van der Waals surface area contributed by atoms with Crippen molar-refractivity contribution < 1.29 is 19.7 Å². The fraction of sp³-hybridized carbons (Fsp3) is 0.562. The molecule has 0 aliphatic heterocycles. The Kier molecular flexibility index (Phi) is 5.17. The number of hydrogen-bond acceptors (Lipinski definition) is 3. The molecule has 0 fully saturated rings. The van der Waals surface area contributed by atoms with E-state index in [1.165, 1.54) is 13.8 Å². The van der Waals surface area contributed by atoms with Crippen LogP contribution in [-0.2, 0) is 4.79 Å². The van der Waals surface area contributed by atoms with E-state index in [-0.39, 0.29) is 12.5 Å². The van der Waals surface area contributed by atoms with E-state index in [4.69, 9.17) is 9.84 Å². The standard InChI is InChI=1S/C16H24O4/c1-10-6-7-11(2)13(8-10)20-12(3)9-14(17)16(4,5)15(18)19/h6-8,12,14,17H,9H2,1-5H3,(H,18,19). The quantitative estimate of drug-likeness (QED) is 0.840. The Morgan fingerprint density at radius 1 is 1.35 bits per heavy atom. The highest BCUT2D eigenvalue weighted by Crippen LogP contribution is 2.27. The Balaban J connectivity index is 2.70. The van der Waals surface area contributed by atoms with Crippen molar-refractivity contribution in [3.05, 3.63) is 29.3 Å². The van der Waals surface area contributed by atoms with Gasteiger partial charge in [-0.1, -0.05) is 12.1 Å². The molecule has 1 aromatic rings. The number of ether oxygens (including phenoxy) is 1. The van der Waals surface area contributed by atoms with Crippen molar-refractivity contribution in [2.24, 2.45) is 5.41 Å². The van der Waals surface area contributed by atoms with Crippen LogP contribution < -0.4 is 4.74 Å². The van der Waals surface area contributed by atoms with E-state index in [9.17, 15) is 9.90 Å². The number of carboxylic acid groups (broad SMARTS) is 1. The van der Waals surface area contributed by atoms with Gasteiger partial charge in [0.1, 0.15) is 5.75 Å². The second-order valence-corrected chi connectivity index (χ2v) is 5.98. The van der Waals surface area contributed by atoms with Gasteiger partial charge >= 0.3 is 5.97 Å². The van der Waals surface area contributed by atoms with Crippen molar-refractivity contribution in [1.29, 1.82) is 0 Å². The summed E-state index contributed by atoms with van der Waals surface area (Å²) in [6, 6.07) is 5.94. The van der Waals surface area contributed by atoms with Crippen LogP contribution in [-0.4, -0.2) is 28.4 Å². The van der Waals surface area contributed by atoms with Gasteiger partial charge in [0.2, 0.25) is 0 Å². The highest BCUT2D eigenvalue weighted by Gasteiger charge is 2.36. The third-order valence-corrected chi connectivity index (χ3v) is 3.61. The lowest BCUT2D eigenvalue weighted by Gasteiger charge is -2.28. The van der Waals surface area contributed by atoms with Gasteiger partial charge in [-0.15, -0.1) is 0 Å². The molecule has 0 aliphatic rings. The van der Waals surface area contributed by atoms with Gasteiger partial charge in [0, 0.05) is 6.42 Å². The molecular weight excluding hydrogens is 256 g/mol. The highest BCUT2D eigenvalue weighted by atomic mass is 16.5. The summed E-state index contributed by atoms with van der Waals surface area (Å²) >= 11 is 0. The number of rotatable bonds is 6. The summed E-state index contributed by atoms with van der Waals surface area (Å²) in [5, 5.41) is 19.2. The van der Waals surface area contributed by atoms with Gasteiger partial charge in [-0.2, -0.15) is 0 Å². The molecule has 2 atom stereocenters. The van der Waals surface area contributed by atoms with Crippen molar-refractivity contribution in [1.82, 2.24) is 0 Å². The number of aliphatic hydroxyl groups is 1. The monoisotopic (exact) mass is 280 g/mol. The van der Waals surface area contributed by atoms with Crippen LogP contribution in [0.15, 0.2) is 18.2 Å². The van der Waals surface area contributed by atoms with Gasteiger partial charge in [0.25, 0.3) is 0 Å². The Bertz CT molecular complexity index is 479. The largest absolute Gasteiger partial charge is 0.490 e. The predicted molar refractivity (Wildman–Crippen MR) is 78.0 cm³/mol. The molecule has 20 heavy (non-hydrogen) atoms. The molecule has 4 nitrogen and oxygen atoms in total. The molecule has 2 unspecified atom stereocenters. The Morgan fingerprint density at radius 3 is 2.50 bits per heavy atom. The van der Waals surface area contributed by atoms with Crippen LogP contribution in [0.4, 0.5) is 0 Å². The maximum Gasteiger partial charge on any atom is 0.311 e. The lowest BCUT2D eigenvalue weighted by molar-refractivity contribution is -0.154. The summed E-state index contributed by atoms with van der Waals surface area (Å²) in [7, 11) is 0. The maximum atomic E-state index is 11.1. The summed E-state index contributed by atoms with van der Waals surface area (Å²) in [4.78, 5) is 11.1. The third-order valence-electron chi connectivity index (χ3n) is 3.61. The van der Waals surface area contributed by atoms with Gasteiger partial charge in [-0.05, 0) is 51.8 Å². The highest BCUT2D eigenvalue weighted by molar-refractivity contribution is 5.74. The van der Waals surface area contributed by atoms with Gasteiger partial charge < -0.3 is 14.9 Å². The van der Waals surface area contributed by atoms with Crippen LogP contribution >= 0.6 is 0 Å². The molecule has 0 heterocycles. The Hall–Kier alpha value is -1.55. The Labute approximate surface area is 120 Å². The van der Waals surface area contributed by atoms with Crippen LogP contribution in [0.5, 0.6) is 5.75 Å². The number of aliphatic carboxylic acids is 1. The lowest BCUT2D eigenvalue weighted by Crippen LogP contribution is -2.39. The van der Waals surface area contributed by atoms with E-state index in [1.54, 1.807) is 0 Å². The fourth-order valence-electron chi connectivity index (χ4n) is 1.85. The van der Waals surface area contributed by atoms with E-state index in [0.29, 0.717) is 0 Å². The summed E-state index contributed by atoms with van der Waals surface area (Å²) < 4.78 is 5.82. The third kappa shape index (κ3) is 3.97. The number of aliphatic hydroxyl groups excluding tert-OH is 1. The van der Waals surface area contributed by atoms with Gasteiger partial charge in [0.05, 0.1) is 17.6 Å². The van der Waals surface area contributed by atoms with E-state index in [2.05, 4.69) is 0 Å². The van der Waals surface area contributed by atoms with Crippen molar-refractivity contribution in [2.75, 3.05) is 0 Å². The van der Waals surface area contributed by atoms with Gasteiger partial charge in [0.15, 0.2) is 0 Å². The van der Waals surface area contributed by atoms with Gasteiger partial charge in [-0.3, -0.25) is 4.79 Å². The van der Waals surface area contributed by atoms with E-state index in [0.717, 1.165) is 16.9 Å². The van der Waals surface area contributed by atoms with E-state index < -0.39 is 17.5 Å². The topological polar surface area (TPSA) is 66.8 Å². The number of carbonyl (C=O) groups is 1. The van der Waals surface area contributed by atoms with Crippen molar-refractivity contribution in [2.45, 2.75) is 53.2 Å². The van der Waals surface area contributed by atoms with Crippen molar-refractivity contribution in [3.63, 3.8) is 0 Å². The zero-order chi connectivity index (χ0) is 15.5. The maximum absolute atomic E-state index is 11.1. The Morgan fingerprint density at radius 2 is 1.95 bits per heavy atom. The first-order valence-electron chi connectivity index (χ1n) is 6.80. The average molecular weight is 280 g/mol. The number of carboxylic acids is 1. The smallest absolute Gasteiger partial charge is 0.311 e. The summed E-state index contributed by atoms with van der Waals surface area (Å²) in [5.41, 5.74) is 0.942. The van der Waals surface area contributed by atoms with Crippen LogP contribution in [0.3, 0.4) is 0 Å². The zero-order valence-electron chi connectivity index (χ0n) is 12.8. The molecule has 1 rings (SSSR count). The summed E-state index contributed by atoms with van der Waals surface area (Å²) in [6.45, 7) is 8.82. The summed E-state index contributed by atoms with van der Waals surface area (Å²) in [5.74, 6) is -0.234. The molecule has 0 saturated heterocycles. The molecule has 0 aromatic heterocycles. The minimum Gasteiger partial charge on any atom is -0.490 e. The number of aryl methyl sites for hydroxylation is 2. The normalized spacial score (nSPS) is 14.7. The lowest BCUT2D eigenvalue weighted by atomic mass is 9.84. The van der Waals surface area contributed by atoms with Crippen molar-refractivity contribution >= 4 is 5.97 Å². The predicted octanol–water partition coefficient (Wildman–Crippen LogP) is 2.93. The SMILES string of the molecule is Cc1ccc(C)c(OC(C)CC(O)C(C)(C)C(=O)O)c1. The van der Waals surface area contributed by atoms with Gasteiger partial charge in [-0.25, -0.2) is 0 Å². The molecule has 112 valence electrons. The number of benzene rings is 1. The number of hydrogen-bond donors (Lipinski definition) is 2. The molecule has 0 amide bonds. The summed E-state index contributed by atoms with van der Waals surface area (Å²) in [6.07, 6.45) is -0.948. The van der Waals surface area contributed by atoms with Crippen LogP contribution in [0.25, 0.3) is 0 Å². The molecule has 2 N–H and O–H groups in total. The van der Waals surface area contributed by atoms with Crippen LogP contribution in [0, 0.1) is 19.3 Å². The fourth-order valence-corrected chi connectivity index (χ4v) is 1.85. The molecule has 0 radical (unpaired) electrons. The first kappa shape index (κ1) is 16.5. The van der Waals surface area contributed by atoms with E-state index in [1.807, 2.05) is 39.0 Å². The van der Waals surface area contributed by atoms with Crippen LogP contribution in [0.1, 0.15) is 38.3 Å². The molecule has 1 aromatic carbocycles. The van der Waals surface area contributed by atoms with E-state index >= 15 is 0 Å². The zero-order valence-corrected chi connectivity index (χ0v) is 12.8. The molecular formula is C16H24O4. The van der Waals surface area contributed by atoms with Crippen molar-refractivity contribution in [3.8, 4) is 5.75 Å². The second-order valence-electron chi connectivity index (χ2n) is 5.98. The van der Waals surface area contributed by atoms with Crippen LogP contribution in [0.2, 0.25) is 0 Å². The minimum absolute atomic E-state index is 0.260. The second kappa shape index (κ2) is 6.27. The molecule has 0 saturated carbocycles. The average Bonchev–Trinajstić information content (AvgIpc) is 2.33. The minimum atomic E-state index is -1.18.